The first-order valence-corrected chi connectivity index (χ1v) is 11.3. The smallest absolute Gasteiger partial charge is 0.260 e. The van der Waals surface area contributed by atoms with Gasteiger partial charge in [-0.25, -0.2) is 0 Å². The number of hydrogen-bond acceptors (Lipinski definition) is 5. The predicted octanol–water partition coefficient (Wildman–Crippen LogP) is 5.80. The highest BCUT2D eigenvalue weighted by Crippen LogP contribution is 2.43. The highest BCUT2D eigenvalue weighted by molar-refractivity contribution is 7.17. The molecule has 0 unspecified atom stereocenters. The van der Waals surface area contributed by atoms with Crippen LogP contribution >= 0.6 is 11.3 Å². The van der Waals surface area contributed by atoms with Crippen molar-refractivity contribution in [1.82, 2.24) is 4.98 Å². The van der Waals surface area contributed by atoms with Crippen molar-refractivity contribution in [2.45, 2.75) is 6.61 Å². The number of methoxy groups -OCH3 is 1. The highest BCUT2D eigenvalue weighted by atomic mass is 32.1. The molecule has 0 spiro atoms. The van der Waals surface area contributed by atoms with Crippen LogP contribution in [0.4, 0.5) is 0 Å². The maximum absolute atomic E-state index is 12.7. The van der Waals surface area contributed by atoms with E-state index in [9.17, 15) is 15.0 Å². The maximum atomic E-state index is 12.7. The molecule has 0 radical (unpaired) electrons. The lowest BCUT2D eigenvalue weighted by Crippen LogP contribution is -2.08. The van der Waals surface area contributed by atoms with Crippen molar-refractivity contribution in [3.8, 4) is 44.9 Å². The van der Waals surface area contributed by atoms with Gasteiger partial charge in [-0.3, -0.25) is 4.79 Å². The summed E-state index contributed by atoms with van der Waals surface area (Å²) in [6.45, 7) is -0.0314. The quantitative estimate of drug-likeness (QED) is 0.313. The van der Waals surface area contributed by atoms with E-state index in [1.807, 2.05) is 66.0 Å². The lowest BCUT2D eigenvalue weighted by molar-refractivity contribution is 0.282. The van der Waals surface area contributed by atoms with E-state index in [2.05, 4.69) is 4.98 Å². The summed E-state index contributed by atoms with van der Waals surface area (Å²) in [6.07, 6.45) is 0. The average Bonchev–Trinajstić information content (AvgIpc) is 3.28. The zero-order valence-corrected chi connectivity index (χ0v) is 18.6. The summed E-state index contributed by atoms with van der Waals surface area (Å²) in [7, 11) is 1.62. The normalized spacial score (nSPS) is 11.1. The standard InChI is InChI=1S/C27H21NO4S/c1-32-22-13-19(10-11-20(22)18-9-5-6-16(12-18)14-29)21-15-33-27-24(21)25(30)23(26(31)28-27)17-7-3-2-4-8-17/h2-13,15,29H,14H2,1H3,(H2,28,30,31). The Morgan fingerprint density at radius 2 is 1.67 bits per heavy atom. The van der Waals surface area contributed by atoms with E-state index >= 15 is 0 Å². The number of aromatic amines is 1. The Balaban J connectivity index is 1.67. The Labute approximate surface area is 194 Å². The number of rotatable bonds is 5. The molecule has 2 aromatic heterocycles. The van der Waals surface area contributed by atoms with Crippen LogP contribution in [-0.2, 0) is 6.61 Å². The van der Waals surface area contributed by atoms with Gasteiger partial charge in [0.1, 0.15) is 16.3 Å². The lowest BCUT2D eigenvalue weighted by atomic mass is 9.97. The molecule has 0 fully saturated rings. The summed E-state index contributed by atoms with van der Waals surface area (Å²) in [6, 6.07) is 22.7. The molecule has 6 heteroatoms. The van der Waals surface area contributed by atoms with E-state index in [0.717, 1.165) is 27.8 Å². The number of H-pyrrole nitrogens is 1. The van der Waals surface area contributed by atoms with Crippen molar-refractivity contribution in [1.29, 1.82) is 0 Å². The molecule has 0 amide bonds. The third-order valence-corrected chi connectivity index (χ3v) is 6.61. The topological polar surface area (TPSA) is 82.6 Å². The number of fused-ring (bicyclic) bond motifs is 1. The maximum Gasteiger partial charge on any atom is 0.260 e. The minimum atomic E-state index is -0.323. The van der Waals surface area contributed by atoms with E-state index < -0.39 is 0 Å². The summed E-state index contributed by atoms with van der Waals surface area (Å²) in [5, 5.41) is 23.2. The van der Waals surface area contributed by atoms with Crippen LogP contribution < -0.4 is 10.3 Å². The fraction of sp³-hybridized carbons (Fsp3) is 0.0741. The van der Waals surface area contributed by atoms with Crippen LogP contribution in [0, 0.1) is 0 Å². The third kappa shape index (κ3) is 3.69. The second-order valence-electron chi connectivity index (χ2n) is 7.67. The van der Waals surface area contributed by atoms with Crippen LogP contribution in [0.5, 0.6) is 11.5 Å². The predicted molar refractivity (Wildman–Crippen MR) is 133 cm³/mol. The Morgan fingerprint density at radius 1 is 0.909 bits per heavy atom. The van der Waals surface area contributed by atoms with Gasteiger partial charge < -0.3 is 19.9 Å². The van der Waals surface area contributed by atoms with E-state index in [1.54, 1.807) is 19.2 Å². The zero-order valence-electron chi connectivity index (χ0n) is 17.8. The fourth-order valence-corrected chi connectivity index (χ4v) is 5.07. The molecule has 5 nitrogen and oxygen atoms in total. The highest BCUT2D eigenvalue weighted by Gasteiger charge is 2.19. The molecule has 2 heterocycles. The summed E-state index contributed by atoms with van der Waals surface area (Å²) in [5.41, 5.74) is 4.94. The number of pyridine rings is 1. The number of aromatic nitrogens is 1. The Kier molecular flexibility index (Phi) is 5.46. The number of aliphatic hydroxyl groups is 1. The summed E-state index contributed by atoms with van der Waals surface area (Å²) < 4.78 is 5.69. The molecule has 0 saturated heterocycles. The van der Waals surface area contributed by atoms with Gasteiger partial charge in [-0.2, -0.15) is 0 Å². The van der Waals surface area contributed by atoms with Crippen molar-refractivity contribution in [3.05, 3.63) is 94.1 Å². The van der Waals surface area contributed by atoms with Gasteiger partial charge in [-0.15, -0.1) is 11.3 Å². The van der Waals surface area contributed by atoms with Crippen molar-refractivity contribution in [2.24, 2.45) is 0 Å². The fourth-order valence-electron chi connectivity index (χ4n) is 4.10. The second-order valence-corrected chi connectivity index (χ2v) is 8.55. The molecule has 5 aromatic rings. The van der Waals surface area contributed by atoms with Gasteiger partial charge in [0.05, 0.1) is 24.7 Å². The number of ether oxygens (including phenoxy) is 1. The molecule has 0 aliphatic heterocycles. The number of benzene rings is 3. The summed E-state index contributed by atoms with van der Waals surface area (Å²) in [5.74, 6) is 0.643. The Morgan fingerprint density at radius 3 is 2.42 bits per heavy atom. The van der Waals surface area contributed by atoms with Gasteiger partial charge in [-0.1, -0.05) is 60.7 Å². The van der Waals surface area contributed by atoms with Crippen molar-refractivity contribution in [2.75, 3.05) is 7.11 Å². The molecular weight excluding hydrogens is 434 g/mol. The molecule has 0 saturated carbocycles. The largest absolute Gasteiger partial charge is 0.506 e. The molecule has 5 rings (SSSR count). The monoisotopic (exact) mass is 455 g/mol. The average molecular weight is 456 g/mol. The van der Waals surface area contributed by atoms with Crippen LogP contribution in [0.2, 0.25) is 0 Å². The second kappa shape index (κ2) is 8.58. The van der Waals surface area contributed by atoms with Gasteiger partial charge >= 0.3 is 0 Å². The number of thiophene rings is 1. The van der Waals surface area contributed by atoms with E-state index in [-0.39, 0.29) is 23.5 Å². The van der Waals surface area contributed by atoms with Gasteiger partial charge in [0.15, 0.2) is 0 Å². The number of hydrogen-bond donors (Lipinski definition) is 3. The Hall–Kier alpha value is -3.87. The summed E-state index contributed by atoms with van der Waals surface area (Å²) in [4.78, 5) is 16.2. The van der Waals surface area contributed by atoms with Crippen LogP contribution in [0.3, 0.4) is 0 Å². The molecule has 0 atom stereocenters. The molecule has 3 N–H and O–H groups in total. The van der Waals surface area contributed by atoms with Crippen molar-refractivity contribution in [3.63, 3.8) is 0 Å². The lowest BCUT2D eigenvalue weighted by Gasteiger charge is -2.12. The van der Waals surface area contributed by atoms with Crippen LogP contribution in [-0.4, -0.2) is 22.3 Å². The zero-order chi connectivity index (χ0) is 22.9. The first-order chi connectivity index (χ1) is 16.1. The molecule has 0 bridgehead atoms. The Bertz CT molecular complexity index is 1520. The first kappa shape index (κ1) is 21.0. The molecule has 0 aliphatic rings. The molecule has 0 aliphatic carbocycles. The third-order valence-electron chi connectivity index (χ3n) is 5.71. The van der Waals surface area contributed by atoms with Gasteiger partial charge in [0, 0.05) is 16.5 Å². The molecule has 164 valence electrons. The van der Waals surface area contributed by atoms with Gasteiger partial charge in [-0.05, 0) is 34.4 Å². The molecule has 33 heavy (non-hydrogen) atoms. The number of nitrogens with one attached hydrogen (secondary N) is 1. The van der Waals surface area contributed by atoms with Crippen LogP contribution in [0.1, 0.15) is 5.56 Å². The van der Waals surface area contributed by atoms with Gasteiger partial charge in [0.2, 0.25) is 0 Å². The minimum Gasteiger partial charge on any atom is -0.506 e. The van der Waals surface area contributed by atoms with Crippen molar-refractivity contribution >= 4 is 21.6 Å². The molecular formula is C27H21NO4S. The van der Waals surface area contributed by atoms with E-state index in [1.165, 1.54) is 11.3 Å². The van der Waals surface area contributed by atoms with Crippen LogP contribution in [0.15, 0.2) is 83.0 Å². The van der Waals surface area contributed by atoms with E-state index in [4.69, 9.17) is 4.74 Å². The first-order valence-electron chi connectivity index (χ1n) is 10.4. The number of aromatic hydroxyl groups is 1. The van der Waals surface area contributed by atoms with Gasteiger partial charge in [0.25, 0.3) is 5.56 Å². The van der Waals surface area contributed by atoms with Crippen LogP contribution in [0.25, 0.3) is 43.6 Å². The SMILES string of the molecule is COc1cc(-c2csc3[nH]c(=O)c(-c4ccccc4)c(O)c23)ccc1-c1cccc(CO)c1. The molecule has 3 aromatic carbocycles. The summed E-state index contributed by atoms with van der Waals surface area (Å²) >= 11 is 1.38. The minimum absolute atomic E-state index is 0.0314. The van der Waals surface area contributed by atoms with E-state index in [0.29, 0.717) is 21.5 Å². The number of aliphatic hydroxyl groups excluding tert-OH is 1. The van der Waals surface area contributed by atoms with Crippen molar-refractivity contribution < 1.29 is 14.9 Å².